The first-order valence-corrected chi connectivity index (χ1v) is 10.3. The lowest BCUT2D eigenvalue weighted by molar-refractivity contribution is 0.264. The number of nitrogens with zero attached hydrogens (tertiary/aromatic N) is 2. The molecule has 1 fully saturated rings. The van der Waals surface area contributed by atoms with E-state index in [0.717, 1.165) is 37.2 Å². The highest BCUT2D eigenvalue weighted by Gasteiger charge is 2.22. The van der Waals surface area contributed by atoms with Crippen molar-refractivity contribution in [2.45, 2.75) is 45.6 Å². The summed E-state index contributed by atoms with van der Waals surface area (Å²) in [5.74, 6) is 0.879. The summed E-state index contributed by atoms with van der Waals surface area (Å²) in [4.78, 5) is 7.05. The van der Waals surface area contributed by atoms with Crippen LogP contribution in [0.1, 0.15) is 39.5 Å². The number of benzene rings is 1. The van der Waals surface area contributed by atoms with Gasteiger partial charge in [0, 0.05) is 30.0 Å². The second-order valence-electron chi connectivity index (χ2n) is 7.61. The molecule has 6 nitrogen and oxygen atoms in total. The molecular weight excluding hydrogens is 369 g/mol. The number of aliphatic imine (C=N–C) groups is 1. The molecule has 1 aromatic rings. The van der Waals surface area contributed by atoms with Gasteiger partial charge in [-0.2, -0.15) is 0 Å². The third kappa shape index (κ3) is 5.50. The van der Waals surface area contributed by atoms with E-state index in [4.69, 9.17) is 10.5 Å². The van der Waals surface area contributed by atoms with Crippen LogP contribution in [0, 0.1) is 5.82 Å². The summed E-state index contributed by atoms with van der Waals surface area (Å²) in [6, 6.07) is 5.31. The molecule has 0 radical (unpaired) electrons. The summed E-state index contributed by atoms with van der Waals surface area (Å²) in [6.45, 7) is 7.40. The number of anilines is 1. The van der Waals surface area contributed by atoms with Crippen LogP contribution < -0.4 is 21.1 Å². The van der Waals surface area contributed by atoms with Crippen LogP contribution in [-0.2, 0) is 0 Å². The van der Waals surface area contributed by atoms with Gasteiger partial charge in [0.1, 0.15) is 11.7 Å². The molecule has 1 saturated heterocycles. The molecular formula is C22H32FN5O. The number of allylic oxidation sites excluding steroid dienone is 2. The van der Waals surface area contributed by atoms with Gasteiger partial charge >= 0.3 is 0 Å². The van der Waals surface area contributed by atoms with Crippen molar-refractivity contribution in [3.63, 3.8) is 0 Å². The molecule has 1 unspecified atom stereocenters. The molecule has 29 heavy (non-hydrogen) atoms. The summed E-state index contributed by atoms with van der Waals surface area (Å²) in [6.07, 6.45) is 6.19. The van der Waals surface area contributed by atoms with Crippen LogP contribution in [0.2, 0.25) is 0 Å². The Morgan fingerprint density at radius 3 is 2.90 bits per heavy atom. The van der Waals surface area contributed by atoms with Crippen LogP contribution in [0.25, 0.3) is 0 Å². The van der Waals surface area contributed by atoms with Crippen molar-refractivity contribution in [3.05, 3.63) is 47.2 Å². The fourth-order valence-corrected chi connectivity index (χ4v) is 3.83. The molecule has 0 saturated carbocycles. The molecule has 4 N–H and O–H groups in total. The van der Waals surface area contributed by atoms with Crippen LogP contribution in [0.5, 0.6) is 5.75 Å². The van der Waals surface area contributed by atoms with Gasteiger partial charge in [-0.05, 0) is 69.5 Å². The lowest BCUT2D eigenvalue weighted by atomic mass is 10.1. The number of amidine groups is 1. The maximum Gasteiger partial charge on any atom is 0.167 e. The number of likely N-dealkylation sites (N-methyl/N-ethyl adjacent to an activating group) is 1. The number of likely N-dealkylation sites (tertiary alicyclic amines) is 1. The van der Waals surface area contributed by atoms with Crippen molar-refractivity contribution >= 4 is 11.5 Å². The molecule has 0 spiro atoms. The largest absolute Gasteiger partial charge is 0.494 e. The topological polar surface area (TPSA) is 74.9 Å². The molecule has 0 aliphatic carbocycles. The molecule has 1 atom stereocenters. The van der Waals surface area contributed by atoms with Crippen molar-refractivity contribution in [1.29, 1.82) is 0 Å². The van der Waals surface area contributed by atoms with Crippen molar-refractivity contribution < 1.29 is 9.13 Å². The first kappa shape index (κ1) is 21.2. The summed E-state index contributed by atoms with van der Waals surface area (Å²) in [7, 11) is 1.45. The predicted octanol–water partition coefficient (Wildman–Crippen LogP) is 3.59. The number of ether oxygens (including phenoxy) is 1. The number of methoxy groups -OCH3 is 1. The Bertz CT molecular complexity index is 817. The minimum atomic E-state index is -0.424. The van der Waals surface area contributed by atoms with E-state index < -0.39 is 5.82 Å². The maximum absolute atomic E-state index is 14.1. The van der Waals surface area contributed by atoms with Gasteiger partial charge in [-0.15, -0.1) is 0 Å². The molecule has 0 aromatic heterocycles. The molecule has 0 bridgehead atoms. The minimum Gasteiger partial charge on any atom is -0.494 e. The van der Waals surface area contributed by atoms with Crippen molar-refractivity contribution in [2.75, 3.05) is 32.1 Å². The fourth-order valence-electron chi connectivity index (χ4n) is 3.83. The summed E-state index contributed by atoms with van der Waals surface area (Å²) < 4.78 is 19.0. The number of rotatable bonds is 6. The van der Waals surface area contributed by atoms with Gasteiger partial charge in [-0.1, -0.05) is 6.92 Å². The Labute approximate surface area is 172 Å². The molecule has 1 aromatic carbocycles. The van der Waals surface area contributed by atoms with Gasteiger partial charge in [0.05, 0.1) is 7.11 Å². The Morgan fingerprint density at radius 1 is 1.34 bits per heavy atom. The van der Waals surface area contributed by atoms with Crippen molar-refractivity contribution in [2.24, 2.45) is 10.7 Å². The van der Waals surface area contributed by atoms with Gasteiger partial charge in [0.2, 0.25) is 0 Å². The van der Waals surface area contributed by atoms with Gasteiger partial charge < -0.3 is 21.1 Å². The summed E-state index contributed by atoms with van der Waals surface area (Å²) in [5, 5.41) is 6.80. The minimum absolute atomic E-state index is 0.209. The fraction of sp³-hybridized carbons (Fsp3) is 0.500. The standard InChI is InChI=1S/C22H32FN5O/c1-4-28-11-5-6-18(28)14-25-16-8-7-15(2)22(24)27-21(13-16)26-17-9-10-20(29-3)19(23)12-17/h9-10,12-13,18,25H,4-8,11,14,24H2,1-3H3,(H,26,27)/b16-13+,22-15?. The Morgan fingerprint density at radius 2 is 2.17 bits per heavy atom. The molecule has 2 aliphatic heterocycles. The van der Waals surface area contributed by atoms with E-state index in [1.54, 1.807) is 12.1 Å². The zero-order valence-corrected chi connectivity index (χ0v) is 17.6. The number of hydrogen-bond donors (Lipinski definition) is 3. The van der Waals surface area contributed by atoms with E-state index in [9.17, 15) is 4.39 Å². The monoisotopic (exact) mass is 401 g/mol. The lowest BCUT2D eigenvalue weighted by Crippen LogP contribution is -2.37. The van der Waals surface area contributed by atoms with E-state index in [-0.39, 0.29) is 5.75 Å². The molecule has 7 heteroatoms. The van der Waals surface area contributed by atoms with Crippen LogP contribution in [-0.4, -0.2) is 43.5 Å². The molecule has 0 amide bonds. The van der Waals surface area contributed by atoms with Gasteiger partial charge in [-0.3, -0.25) is 4.90 Å². The third-order valence-corrected chi connectivity index (χ3v) is 5.65. The first-order chi connectivity index (χ1) is 14.0. The first-order valence-electron chi connectivity index (χ1n) is 10.3. The van der Waals surface area contributed by atoms with Crippen molar-refractivity contribution in [3.8, 4) is 5.75 Å². The van der Waals surface area contributed by atoms with E-state index in [0.29, 0.717) is 23.4 Å². The van der Waals surface area contributed by atoms with E-state index in [2.05, 4.69) is 27.4 Å². The predicted molar refractivity (Wildman–Crippen MR) is 116 cm³/mol. The smallest absolute Gasteiger partial charge is 0.167 e. The van der Waals surface area contributed by atoms with Crippen LogP contribution in [0.4, 0.5) is 10.1 Å². The average Bonchev–Trinajstić information content (AvgIpc) is 3.16. The summed E-state index contributed by atoms with van der Waals surface area (Å²) >= 11 is 0. The van der Waals surface area contributed by atoms with Crippen LogP contribution >= 0.6 is 0 Å². The van der Waals surface area contributed by atoms with Crippen LogP contribution in [0.15, 0.2) is 46.4 Å². The number of hydrogen-bond acceptors (Lipinski definition) is 6. The number of halogens is 1. The highest BCUT2D eigenvalue weighted by atomic mass is 19.1. The van der Waals surface area contributed by atoms with E-state index in [1.807, 2.05) is 13.0 Å². The molecule has 3 rings (SSSR count). The normalized spacial score (nSPS) is 24.2. The van der Waals surface area contributed by atoms with Gasteiger partial charge in [0.25, 0.3) is 0 Å². The lowest BCUT2D eigenvalue weighted by Gasteiger charge is -2.25. The highest BCUT2D eigenvalue weighted by Crippen LogP contribution is 2.22. The second kappa shape index (κ2) is 9.78. The zero-order chi connectivity index (χ0) is 20.8. The quantitative estimate of drug-likeness (QED) is 0.679. The SMILES string of the molecule is CCN1CCCC1CN/C1=C/C(Nc2ccc(OC)c(F)c2)=N\C(N)=C(C)CC1. The maximum atomic E-state index is 14.1. The van der Waals surface area contributed by atoms with E-state index in [1.165, 1.54) is 32.6 Å². The average molecular weight is 402 g/mol. The summed E-state index contributed by atoms with van der Waals surface area (Å²) in [5.41, 5.74) is 8.88. The Kier molecular flexibility index (Phi) is 7.14. The van der Waals surface area contributed by atoms with Gasteiger partial charge in [-0.25, -0.2) is 9.38 Å². The van der Waals surface area contributed by atoms with Crippen LogP contribution in [0.3, 0.4) is 0 Å². The van der Waals surface area contributed by atoms with E-state index >= 15 is 0 Å². The second-order valence-corrected chi connectivity index (χ2v) is 7.61. The number of nitrogens with two attached hydrogens (primary N) is 1. The molecule has 2 aliphatic rings. The molecule has 158 valence electrons. The molecule has 2 heterocycles. The Hall–Kier alpha value is -2.54. The zero-order valence-electron chi connectivity index (χ0n) is 17.6. The van der Waals surface area contributed by atoms with Crippen molar-refractivity contribution in [1.82, 2.24) is 10.2 Å². The van der Waals surface area contributed by atoms with Gasteiger partial charge in [0.15, 0.2) is 11.6 Å². The highest BCUT2D eigenvalue weighted by molar-refractivity contribution is 6.04. The Balaban J connectivity index is 1.76. The third-order valence-electron chi connectivity index (χ3n) is 5.65. The number of nitrogens with one attached hydrogen (secondary N) is 2.